The quantitative estimate of drug-likeness (QED) is 0.498. The van der Waals surface area contributed by atoms with Crippen LogP contribution in [0.1, 0.15) is 13.8 Å². The Morgan fingerprint density at radius 2 is 1.67 bits per heavy atom. The van der Waals surface area contributed by atoms with E-state index in [1.54, 1.807) is 10.8 Å². The molecule has 1 aliphatic rings. The van der Waals surface area contributed by atoms with Crippen LogP contribution in [-0.2, 0) is 0 Å². The third kappa shape index (κ3) is 4.14. The summed E-state index contributed by atoms with van der Waals surface area (Å²) in [7, 11) is 0. The number of amides is 1. The number of pyridine rings is 2. The second kappa shape index (κ2) is 8.94. The normalized spacial score (nSPS) is 14.2. The molecule has 7 heteroatoms. The van der Waals surface area contributed by atoms with Crippen LogP contribution in [0.2, 0.25) is 0 Å². The van der Waals surface area contributed by atoms with Crippen molar-refractivity contribution < 1.29 is 4.79 Å². The molecule has 0 atom stereocenters. The summed E-state index contributed by atoms with van der Waals surface area (Å²) in [6.45, 7) is 6.96. The molecule has 0 bridgehead atoms. The van der Waals surface area contributed by atoms with E-state index in [0.717, 1.165) is 46.9 Å². The Morgan fingerprint density at radius 3 is 2.42 bits per heavy atom. The number of benzene rings is 1. The molecule has 0 unspecified atom stereocenters. The molecule has 1 N–H and O–H groups in total. The lowest BCUT2D eigenvalue weighted by atomic mass is 10.2. The van der Waals surface area contributed by atoms with Crippen molar-refractivity contribution in [3.63, 3.8) is 0 Å². The molecule has 1 amide bonds. The second-order valence-electron chi connectivity index (χ2n) is 8.57. The summed E-state index contributed by atoms with van der Waals surface area (Å²) in [4.78, 5) is 27.0. The SMILES string of the molecule is CC(C)Nc1cccnc1N1CCN(C(=O)n2c(-c3ccccn3)cc3ccccc32)CC1. The highest BCUT2D eigenvalue weighted by Crippen LogP contribution is 2.29. The van der Waals surface area contributed by atoms with Gasteiger partial charge in [-0.2, -0.15) is 0 Å². The maximum Gasteiger partial charge on any atom is 0.329 e. The molecule has 0 radical (unpaired) electrons. The fraction of sp³-hybridized carbons (Fsp3) is 0.269. The van der Waals surface area contributed by atoms with Crippen LogP contribution in [0.4, 0.5) is 16.3 Å². The number of anilines is 2. The van der Waals surface area contributed by atoms with E-state index in [-0.39, 0.29) is 6.03 Å². The minimum absolute atomic E-state index is 0.0157. The number of nitrogens with one attached hydrogen (secondary N) is 1. The number of hydrogen-bond acceptors (Lipinski definition) is 5. The third-order valence-corrected chi connectivity index (χ3v) is 5.91. The largest absolute Gasteiger partial charge is 0.380 e. The number of piperazine rings is 1. The molecular formula is C26H28N6O. The fourth-order valence-electron chi connectivity index (χ4n) is 4.39. The minimum Gasteiger partial charge on any atom is -0.380 e. The van der Waals surface area contributed by atoms with Crippen LogP contribution < -0.4 is 10.2 Å². The van der Waals surface area contributed by atoms with E-state index in [1.807, 2.05) is 65.7 Å². The van der Waals surface area contributed by atoms with Gasteiger partial charge in [0.25, 0.3) is 0 Å². The Labute approximate surface area is 193 Å². The molecule has 168 valence electrons. The highest BCUT2D eigenvalue weighted by molar-refractivity contribution is 5.97. The van der Waals surface area contributed by atoms with Gasteiger partial charge in [0.1, 0.15) is 0 Å². The van der Waals surface area contributed by atoms with E-state index in [1.165, 1.54) is 0 Å². The van der Waals surface area contributed by atoms with E-state index in [0.29, 0.717) is 19.1 Å². The average Bonchev–Trinajstić information content (AvgIpc) is 3.24. The first-order valence-corrected chi connectivity index (χ1v) is 11.4. The zero-order valence-corrected chi connectivity index (χ0v) is 19.0. The van der Waals surface area contributed by atoms with Gasteiger partial charge in [0.2, 0.25) is 0 Å². The predicted octanol–water partition coefficient (Wildman–Crippen LogP) is 4.71. The van der Waals surface area contributed by atoms with Gasteiger partial charge in [0.05, 0.1) is 22.6 Å². The van der Waals surface area contributed by atoms with Gasteiger partial charge in [-0.1, -0.05) is 24.3 Å². The molecule has 0 aliphatic carbocycles. The van der Waals surface area contributed by atoms with Gasteiger partial charge in [0, 0.05) is 50.0 Å². The summed E-state index contributed by atoms with van der Waals surface area (Å²) in [5.41, 5.74) is 3.54. The Bertz CT molecular complexity index is 1260. The highest BCUT2D eigenvalue weighted by Gasteiger charge is 2.27. The number of carbonyl (C=O) groups is 1. The van der Waals surface area contributed by atoms with Crippen molar-refractivity contribution in [1.29, 1.82) is 0 Å². The van der Waals surface area contributed by atoms with Gasteiger partial charge in [-0.05, 0) is 50.2 Å². The summed E-state index contributed by atoms with van der Waals surface area (Å²) in [5, 5.41) is 4.51. The molecule has 1 fully saturated rings. The van der Waals surface area contributed by atoms with Crippen LogP contribution >= 0.6 is 0 Å². The average molecular weight is 441 g/mol. The number of carbonyl (C=O) groups excluding carboxylic acids is 1. The number of hydrogen-bond donors (Lipinski definition) is 1. The summed E-state index contributed by atoms with van der Waals surface area (Å²) in [6, 6.07) is 20.1. The molecule has 0 saturated carbocycles. The molecule has 33 heavy (non-hydrogen) atoms. The number of para-hydroxylation sites is 1. The Hall–Kier alpha value is -3.87. The topological polar surface area (TPSA) is 66.3 Å². The van der Waals surface area contributed by atoms with Crippen LogP contribution in [0, 0.1) is 0 Å². The first kappa shape index (κ1) is 21.0. The minimum atomic E-state index is -0.0157. The van der Waals surface area contributed by atoms with Crippen molar-refractivity contribution in [1.82, 2.24) is 19.4 Å². The van der Waals surface area contributed by atoms with Crippen LogP contribution in [0.15, 0.2) is 73.1 Å². The van der Waals surface area contributed by atoms with E-state index >= 15 is 0 Å². The Morgan fingerprint density at radius 1 is 0.909 bits per heavy atom. The van der Waals surface area contributed by atoms with Gasteiger partial charge < -0.3 is 15.1 Å². The number of fused-ring (bicyclic) bond motifs is 1. The molecule has 0 spiro atoms. The lowest BCUT2D eigenvalue weighted by Gasteiger charge is -2.36. The summed E-state index contributed by atoms with van der Waals surface area (Å²) < 4.78 is 1.81. The Balaban J connectivity index is 1.41. The van der Waals surface area contributed by atoms with E-state index in [4.69, 9.17) is 0 Å². The summed E-state index contributed by atoms with van der Waals surface area (Å²) >= 11 is 0. The molecule has 1 saturated heterocycles. The van der Waals surface area contributed by atoms with Crippen LogP contribution in [0.3, 0.4) is 0 Å². The van der Waals surface area contributed by atoms with Crippen LogP contribution in [0.5, 0.6) is 0 Å². The second-order valence-corrected chi connectivity index (χ2v) is 8.57. The molecule has 4 aromatic rings. The third-order valence-electron chi connectivity index (χ3n) is 5.91. The molecule has 5 rings (SSSR count). The first-order chi connectivity index (χ1) is 16.1. The Kier molecular flexibility index (Phi) is 5.69. The first-order valence-electron chi connectivity index (χ1n) is 11.4. The van der Waals surface area contributed by atoms with Gasteiger partial charge in [-0.3, -0.25) is 9.55 Å². The zero-order chi connectivity index (χ0) is 22.8. The molecule has 1 aromatic carbocycles. The molecule has 3 aromatic heterocycles. The predicted molar refractivity (Wildman–Crippen MR) is 133 cm³/mol. The van der Waals surface area contributed by atoms with Crippen LogP contribution in [-0.4, -0.2) is 57.7 Å². The van der Waals surface area contributed by atoms with Crippen LogP contribution in [0.25, 0.3) is 22.3 Å². The number of rotatable bonds is 4. The fourth-order valence-corrected chi connectivity index (χ4v) is 4.39. The summed E-state index contributed by atoms with van der Waals surface area (Å²) in [5.74, 6) is 0.943. The molecular weight excluding hydrogens is 412 g/mol. The smallest absolute Gasteiger partial charge is 0.329 e. The van der Waals surface area contributed by atoms with E-state index < -0.39 is 0 Å². The maximum atomic E-state index is 13.7. The number of nitrogens with zero attached hydrogens (tertiary/aromatic N) is 5. The zero-order valence-electron chi connectivity index (χ0n) is 19.0. The van der Waals surface area contributed by atoms with Gasteiger partial charge in [0.15, 0.2) is 5.82 Å². The van der Waals surface area contributed by atoms with Crippen molar-refractivity contribution in [2.45, 2.75) is 19.9 Å². The lowest BCUT2D eigenvalue weighted by Crippen LogP contribution is -2.50. The standard InChI is InChI=1S/C26H28N6O/c1-19(2)29-22-10-7-13-28-25(22)30-14-16-31(17-15-30)26(33)32-23-11-4-3-8-20(23)18-24(32)21-9-5-6-12-27-21/h3-13,18-19,29H,14-17H2,1-2H3. The van der Waals surface area contributed by atoms with Crippen molar-refractivity contribution in [2.24, 2.45) is 0 Å². The van der Waals surface area contributed by atoms with Crippen molar-refractivity contribution in [2.75, 3.05) is 36.4 Å². The molecule has 4 heterocycles. The van der Waals surface area contributed by atoms with Gasteiger partial charge in [-0.25, -0.2) is 9.78 Å². The maximum absolute atomic E-state index is 13.7. The monoisotopic (exact) mass is 440 g/mol. The van der Waals surface area contributed by atoms with Crippen molar-refractivity contribution in [3.8, 4) is 11.4 Å². The van der Waals surface area contributed by atoms with Crippen molar-refractivity contribution >= 4 is 28.4 Å². The molecule has 7 nitrogen and oxygen atoms in total. The van der Waals surface area contributed by atoms with Crippen molar-refractivity contribution in [3.05, 3.63) is 73.1 Å². The van der Waals surface area contributed by atoms with Gasteiger partial charge in [-0.15, -0.1) is 0 Å². The number of aromatic nitrogens is 3. The highest BCUT2D eigenvalue weighted by atomic mass is 16.2. The van der Waals surface area contributed by atoms with E-state index in [2.05, 4.69) is 40.1 Å². The van der Waals surface area contributed by atoms with E-state index in [9.17, 15) is 4.79 Å². The van der Waals surface area contributed by atoms with Gasteiger partial charge >= 0.3 is 6.03 Å². The molecule has 1 aliphatic heterocycles. The lowest BCUT2D eigenvalue weighted by molar-refractivity contribution is 0.197. The summed E-state index contributed by atoms with van der Waals surface area (Å²) in [6.07, 6.45) is 3.58.